The Kier molecular flexibility index (Phi) is 4.93. The molecule has 110 valence electrons. The van der Waals surface area contributed by atoms with Gasteiger partial charge in [0.2, 0.25) is 10.0 Å². The number of rotatable bonds is 5. The molecule has 1 aliphatic heterocycles. The molecule has 1 aliphatic rings. The fourth-order valence-electron chi connectivity index (χ4n) is 2.03. The highest BCUT2D eigenvalue weighted by Crippen LogP contribution is 2.16. The molecule has 1 aromatic carbocycles. The van der Waals surface area contributed by atoms with E-state index in [1.807, 2.05) is 6.92 Å². The Morgan fingerprint density at radius 3 is 2.75 bits per heavy atom. The van der Waals surface area contributed by atoms with Crippen molar-refractivity contribution in [2.24, 2.45) is 0 Å². The first kappa shape index (κ1) is 15.2. The summed E-state index contributed by atoms with van der Waals surface area (Å²) in [4.78, 5) is 0.242. The van der Waals surface area contributed by atoms with Crippen LogP contribution in [0.4, 0.5) is 0 Å². The zero-order valence-electron chi connectivity index (χ0n) is 11.4. The van der Waals surface area contributed by atoms with Crippen molar-refractivity contribution in [3.8, 4) is 0 Å². The predicted octanol–water partition coefficient (Wildman–Crippen LogP) is 1.59. The van der Waals surface area contributed by atoms with Crippen molar-refractivity contribution in [2.75, 3.05) is 13.4 Å². The lowest BCUT2D eigenvalue weighted by Gasteiger charge is -2.31. The molecule has 0 unspecified atom stereocenters. The zero-order valence-corrected chi connectivity index (χ0v) is 12.2. The topological polar surface area (TPSA) is 64.6 Å². The van der Waals surface area contributed by atoms with Gasteiger partial charge < -0.3 is 9.47 Å². The number of hydrogen-bond acceptors (Lipinski definition) is 4. The molecule has 1 aromatic rings. The third kappa shape index (κ3) is 3.67. The molecule has 0 saturated carbocycles. The van der Waals surface area contributed by atoms with Gasteiger partial charge >= 0.3 is 0 Å². The van der Waals surface area contributed by atoms with E-state index in [0.717, 1.165) is 5.56 Å². The van der Waals surface area contributed by atoms with Crippen molar-refractivity contribution in [3.05, 3.63) is 42.5 Å². The molecule has 2 rings (SSSR count). The molecule has 1 heterocycles. The summed E-state index contributed by atoms with van der Waals surface area (Å²) in [5, 5.41) is 0. The van der Waals surface area contributed by atoms with Crippen LogP contribution in [0.5, 0.6) is 0 Å². The minimum Gasteiger partial charge on any atom is -0.354 e. The Labute approximate surface area is 119 Å². The summed E-state index contributed by atoms with van der Waals surface area (Å²) in [5.41, 5.74) is 1.01. The maximum Gasteiger partial charge on any atom is 0.240 e. The summed E-state index contributed by atoms with van der Waals surface area (Å²) in [6, 6.07) is 6.30. The van der Waals surface area contributed by atoms with E-state index in [2.05, 4.69) is 11.3 Å². The quantitative estimate of drug-likeness (QED) is 0.838. The molecular formula is C14H19NO4S. The minimum atomic E-state index is -3.57. The lowest BCUT2D eigenvalue weighted by Crippen LogP contribution is -2.50. The van der Waals surface area contributed by atoms with Gasteiger partial charge in [-0.05, 0) is 25.5 Å². The van der Waals surface area contributed by atoms with Crippen LogP contribution in [0.15, 0.2) is 41.8 Å². The molecule has 2 atom stereocenters. The van der Waals surface area contributed by atoms with Crippen molar-refractivity contribution in [2.45, 2.75) is 30.4 Å². The molecule has 1 N–H and O–H groups in total. The molecule has 0 spiro atoms. The van der Waals surface area contributed by atoms with Crippen LogP contribution >= 0.6 is 0 Å². The highest BCUT2D eigenvalue weighted by atomic mass is 32.2. The first-order valence-corrected chi connectivity index (χ1v) is 7.90. The maximum atomic E-state index is 12.3. The summed E-state index contributed by atoms with van der Waals surface area (Å²) in [6.45, 7) is 6.04. The summed E-state index contributed by atoms with van der Waals surface area (Å²) < 4.78 is 37.9. The Balaban J connectivity index is 2.13. The van der Waals surface area contributed by atoms with E-state index in [4.69, 9.17) is 9.47 Å². The summed E-state index contributed by atoms with van der Waals surface area (Å²) in [7, 11) is -3.57. The van der Waals surface area contributed by atoms with Crippen LogP contribution in [-0.4, -0.2) is 34.0 Å². The molecule has 1 fully saturated rings. The Hall–Kier alpha value is -1.21. The number of sulfonamides is 1. The largest absolute Gasteiger partial charge is 0.354 e. The fraction of sp³-hybridized carbons (Fsp3) is 0.429. The van der Waals surface area contributed by atoms with Gasteiger partial charge in [-0.2, -0.15) is 0 Å². The van der Waals surface area contributed by atoms with Gasteiger partial charge in [0, 0.05) is 0 Å². The average Bonchev–Trinajstić information content (AvgIpc) is 2.41. The van der Waals surface area contributed by atoms with Crippen molar-refractivity contribution in [1.82, 2.24) is 4.72 Å². The van der Waals surface area contributed by atoms with E-state index in [1.165, 1.54) is 0 Å². The Morgan fingerprint density at radius 2 is 2.10 bits per heavy atom. The van der Waals surface area contributed by atoms with Crippen LogP contribution in [0.1, 0.15) is 12.0 Å². The molecule has 0 aromatic heterocycles. The fourth-order valence-corrected chi connectivity index (χ4v) is 3.27. The minimum absolute atomic E-state index is 0.182. The Bertz CT molecular complexity index is 553. The van der Waals surface area contributed by atoms with E-state index in [9.17, 15) is 8.42 Å². The van der Waals surface area contributed by atoms with E-state index in [0.29, 0.717) is 13.0 Å². The van der Waals surface area contributed by atoms with Crippen molar-refractivity contribution < 1.29 is 17.9 Å². The maximum absolute atomic E-state index is 12.3. The summed E-state index contributed by atoms with van der Waals surface area (Å²) in [5.74, 6) is 0. The van der Waals surface area contributed by atoms with Gasteiger partial charge in [-0.1, -0.05) is 23.8 Å². The molecule has 5 nitrogen and oxygen atoms in total. The van der Waals surface area contributed by atoms with E-state index >= 15 is 0 Å². The first-order valence-electron chi connectivity index (χ1n) is 6.42. The molecule has 0 bridgehead atoms. The second-order valence-corrected chi connectivity index (χ2v) is 6.47. The van der Waals surface area contributed by atoms with Crippen LogP contribution < -0.4 is 4.72 Å². The number of ether oxygens (including phenoxy) is 2. The SMILES string of the molecule is C=CC[C@H]1OCOC[C@@H]1NS(=O)(=O)c1ccc(C)cc1. The lowest BCUT2D eigenvalue weighted by molar-refractivity contribution is -0.150. The van der Waals surface area contributed by atoms with Gasteiger partial charge in [0.25, 0.3) is 0 Å². The normalized spacial score (nSPS) is 23.4. The van der Waals surface area contributed by atoms with Crippen LogP contribution in [-0.2, 0) is 19.5 Å². The second-order valence-electron chi connectivity index (χ2n) is 4.76. The van der Waals surface area contributed by atoms with Gasteiger partial charge in [0.05, 0.1) is 23.6 Å². The number of hydrogen-bond donors (Lipinski definition) is 1. The average molecular weight is 297 g/mol. The third-order valence-corrected chi connectivity index (χ3v) is 4.65. The van der Waals surface area contributed by atoms with E-state index in [-0.39, 0.29) is 17.8 Å². The summed E-state index contributed by atoms with van der Waals surface area (Å²) in [6.07, 6.45) is 2.04. The van der Waals surface area contributed by atoms with Gasteiger partial charge in [-0.25, -0.2) is 13.1 Å². The molecule has 6 heteroatoms. The number of benzene rings is 1. The Morgan fingerprint density at radius 1 is 1.40 bits per heavy atom. The van der Waals surface area contributed by atoms with Gasteiger partial charge in [0.1, 0.15) is 6.79 Å². The van der Waals surface area contributed by atoms with Crippen LogP contribution in [0.25, 0.3) is 0 Å². The molecule has 0 aliphatic carbocycles. The predicted molar refractivity (Wildman–Crippen MR) is 75.8 cm³/mol. The van der Waals surface area contributed by atoms with E-state index < -0.39 is 16.1 Å². The van der Waals surface area contributed by atoms with Crippen molar-refractivity contribution in [1.29, 1.82) is 0 Å². The lowest BCUT2D eigenvalue weighted by atomic mass is 10.1. The van der Waals surface area contributed by atoms with Crippen molar-refractivity contribution >= 4 is 10.0 Å². The zero-order chi connectivity index (χ0) is 14.6. The molecule has 0 radical (unpaired) electrons. The highest BCUT2D eigenvalue weighted by molar-refractivity contribution is 7.89. The third-order valence-electron chi connectivity index (χ3n) is 3.15. The molecule has 0 amide bonds. The van der Waals surface area contributed by atoms with Gasteiger partial charge in [0.15, 0.2) is 0 Å². The van der Waals surface area contributed by atoms with Crippen LogP contribution in [0.2, 0.25) is 0 Å². The van der Waals surface area contributed by atoms with Gasteiger partial charge in [-0.15, -0.1) is 6.58 Å². The first-order chi connectivity index (χ1) is 9.53. The van der Waals surface area contributed by atoms with E-state index in [1.54, 1.807) is 30.3 Å². The number of nitrogens with one attached hydrogen (secondary N) is 1. The van der Waals surface area contributed by atoms with Crippen LogP contribution in [0.3, 0.4) is 0 Å². The van der Waals surface area contributed by atoms with Crippen molar-refractivity contribution in [3.63, 3.8) is 0 Å². The highest BCUT2D eigenvalue weighted by Gasteiger charge is 2.30. The van der Waals surface area contributed by atoms with Crippen LogP contribution in [0, 0.1) is 6.92 Å². The second kappa shape index (κ2) is 6.49. The van der Waals surface area contributed by atoms with Gasteiger partial charge in [-0.3, -0.25) is 0 Å². The standard InChI is InChI=1S/C14H19NO4S/c1-3-4-14-13(9-18-10-19-14)15-20(16,17)12-7-5-11(2)6-8-12/h3,5-8,13-15H,1,4,9-10H2,2H3/t13-,14+/m0/s1. The molecular weight excluding hydrogens is 278 g/mol. The molecule has 1 saturated heterocycles. The number of aryl methyl sites for hydroxylation is 1. The monoisotopic (exact) mass is 297 g/mol. The smallest absolute Gasteiger partial charge is 0.240 e. The summed E-state index contributed by atoms with van der Waals surface area (Å²) >= 11 is 0. The molecule has 20 heavy (non-hydrogen) atoms.